The molecule has 1 aliphatic rings. The first-order valence-electron chi connectivity index (χ1n) is 12.1. The van der Waals surface area contributed by atoms with Crippen LogP contribution in [0.1, 0.15) is 53.6 Å². The average molecular weight is 464 g/mol. The third-order valence-electron chi connectivity index (χ3n) is 6.96. The number of anilines is 1. The predicted octanol–water partition coefficient (Wildman–Crippen LogP) is 6.82. The third-order valence-corrected chi connectivity index (χ3v) is 6.96. The number of carbonyl (C=O) groups is 1. The second kappa shape index (κ2) is 9.71. The Morgan fingerprint density at radius 2 is 1.71 bits per heavy atom. The van der Waals surface area contributed by atoms with Gasteiger partial charge in [-0.3, -0.25) is 9.97 Å². The number of aromatic nitrogens is 2. The fourth-order valence-electron chi connectivity index (χ4n) is 5.23. The summed E-state index contributed by atoms with van der Waals surface area (Å²) < 4.78 is 4.60. The molecule has 1 aliphatic carbocycles. The van der Waals surface area contributed by atoms with Crippen LogP contribution in [0.2, 0.25) is 0 Å². The first-order valence-corrected chi connectivity index (χ1v) is 12.1. The van der Waals surface area contributed by atoms with Gasteiger partial charge in [0.05, 0.1) is 23.7 Å². The van der Waals surface area contributed by atoms with E-state index in [1.807, 2.05) is 6.07 Å². The van der Waals surface area contributed by atoms with Crippen LogP contribution in [-0.4, -0.2) is 23.0 Å². The van der Waals surface area contributed by atoms with Gasteiger partial charge in [0.25, 0.3) is 0 Å². The summed E-state index contributed by atoms with van der Waals surface area (Å²) in [5.74, 6) is 0.362. The molecule has 1 unspecified atom stereocenters. The summed E-state index contributed by atoms with van der Waals surface area (Å²) in [7, 11) is 1.35. The fourth-order valence-corrected chi connectivity index (χ4v) is 5.23. The number of nitrogens with two attached hydrogens (primary N) is 1. The number of hydrogen-bond donors (Lipinski definition) is 1. The molecule has 1 aromatic heterocycles. The van der Waals surface area contributed by atoms with Crippen LogP contribution < -0.4 is 5.73 Å². The number of esters is 1. The Hall–Kier alpha value is -3.99. The molecule has 0 spiro atoms. The van der Waals surface area contributed by atoms with Crippen molar-refractivity contribution in [2.24, 2.45) is 0 Å². The Morgan fingerprint density at radius 1 is 0.943 bits per heavy atom. The second-order valence-corrected chi connectivity index (χ2v) is 9.03. The quantitative estimate of drug-likeness (QED) is 0.176. The number of nitrogens with zero attached hydrogens (tertiary/aromatic N) is 2. The zero-order chi connectivity index (χ0) is 24.4. The molecular weight excluding hydrogens is 434 g/mol. The predicted molar refractivity (Wildman–Crippen MR) is 143 cm³/mol. The van der Waals surface area contributed by atoms with Gasteiger partial charge in [-0.2, -0.15) is 0 Å². The maximum Gasteiger partial charge on any atom is 0.337 e. The lowest BCUT2D eigenvalue weighted by Crippen LogP contribution is -2.09. The molecule has 6 rings (SSSR count). The van der Waals surface area contributed by atoms with Gasteiger partial charge in [0.1, 0.15) is 0 Å². The Bertz CT molecular complexity index is 1540. The van der Waals surface area contributed by atoms with E-state index in [1.54, 1.807) is 41.7 Å². The first kappa shape index (κ1) is 22.8. The van der Waals surface area contributed by atoms with Gasteiger partial charge in [-0.15, -0.1) is 0 Å². The summed E-state index contributed by atoms with van der Waals surface area (Å²) in [5.41, 5.74) is 11.9. The second-order valence-electron chi connectivity index (χ2n) is 9.03. The minimum atomic E-state index is -0.363. The topological polar surface area (TPSA) is 78.1 Å². The smallest absolute Gasteiger partial charge is 0.337 e. The monoisotopic (exact) mass is 463 g/mol. The number of nitrogen functional groups attached to an aromatic ring is 1. The SMILES string of the molecule is CCC1CCCc2ccc3c(ccc4cc(N)ccc43)c21.COC(=O)c1ccc2nccnc2c1. The molecule has 176 valence electrons. The highest BCUT2D eigenvalue weighted by atomic mass is 16.5. The summed E-state index contributed by atoms with van der Waals surface area (Å²) in [4.78, 5) is 19.4. The lowest BCUT2D eigenvalue weighted by Gasteiger charge is -2.26. The molecule has 0 radical (unpaired) electrons. The molecule has 0 bridgehead atoms. The van der Waals surface area contributed by atoms with Crippen LogP contribution in [-0.2, 0) is 11.2 Å². The van der Waals surface area contributed by atoms with Crippen molar-refractivity contribution in [3.8, 4) is 0 Å². The molecule has 2 N–H and O–H groups in total. The molecule has 0 aliphatic heterocycles. The minimum Gasteiger partial charge on any atom is -0.465 e. The summed E-state index contributed by atoms with van der Waals surface area (Å²) in [6.45, 7) is 2.32. The lowest BCUT2D eigenvalue weighted by atomic mass is 9.78. The number of carbonyl (C=O) groups excluding carboxylic acids is 1. The van der Waals surface area contributed by atoms with E-state index in [4.69, 9.17) is 5.73 Å². The molecule has 0 saturated heterocycles. The third kappa shape index (κ3) is 4.42. The number of benzene rings is 4. The van der Waals surface area contributed by atoms with Gasteiger partial charge in [0, 0.05) is 18.1 Å². The van der Waals surface area contributed by atoms with Gasteiger partial charge in [-0.25, -0.2) is 4.79 Å². The van der Waals surface area contributed by atoms with Crippen LogP contribution in [0, 0.1) is 0 Å². The molecular formula is C30H29N3O2. The van der Waals surface area contributed by atoms with E-state index in [0.29, 0.717) is 11.1 Å². The first-order chi connectivity index (χ1) is 17.1. The molecule has 1 heterocycles. The number of methoxy groups -OCH3 is 1. The van der Waals surface area contributed by atoms with Crippen molar-refractivity contribution in [3.63, 3.8) is 0 Å². The van der Waals surface area contributed by atoms with E-state index in [-0.39, 0.29) is 5.97 Å². The number of ether oxygens (including phenoxy) is 1. The summed E-state index contributed by atoms with van der Waals surface area (Å²) >= 11 is 0. The van der Waals surface area contributed by atoms with E-state index in [2.05, 4.69) is 58.0 Å². The molecule has 5 aromatic rings. The van der Waals surface area contributed by atoms with Crippen molar-refractivity contribution in [1.82, 2.24) is 9.97 Å². The maximum atomic E-state index is 11.2. The highest BCUT2D eigenvalue weighted by molar-refractivity contribution is 6.09. The van der Waals surface area contributed by atoms with Gasteiger partial charge in [0.15, 0.2) is 0 Å². The number of fused-ring (bicyclic) bond motifs is 6. The van der Waals surface area contributed by atoms with Crippen molar-refractivity contribution in [3.05, 3.63) is 89.7 Å². The average Bonchev–Trinajstić information content (AvgIpc) is 2.91. The molecule has 5 heteroatoms. The number of hydrogen-bond acceptors (Lipinski definition) is 5. The highest BCUT2D eigenvalue weighted by Gasteiger charge is 2.21. The van der Waals surface area contributed by atoms with Crippen LogP contribution in [0.5, 0.6) is 0 Å². The van der Waals surface area contributed by atoms with E-state index >= 15 is 0 Å². The molecule has 5 nitrogen and oxygen atoms in total. The van der Waals surface area contributed by atoms with Crippen molar-refractivity contribution in [2.75, 3.05) is 12.8 Å². The standard InChI is InChI=1S/C20H21N.C10H8N2O2/c1-2-13-4-3-5-14-6-9-18-17-11-8-16(21)12-15(17)7-10-19(18)20(13)14;1-14-10(13)7-2-3-8-9(6-7)12-5-4-11-8/h6-13H,2-5,21H2,1H3;2-6H,1H3. The van der Waals surface area contributed by atoms with Crippen LogP contribution in [0.4, 0.5) is 5.69 Å². The molecule has 0 saturated carbocycles. The zero-order valence-electron chi connectivity index (χ0n) is 20.1. The Kier molecular flexibility index (Phi) is 6.32. The van der Waals surface area contributed by atoms with Crippen molar-refractivity contribution >= 4 is 44.2 Å². The van der Waals surface area contributed by atoms with Crippen LogP contribution in [0.25, 0.3) is 32.6 Å². The van der Waals surface area contributed by atoms with Crippen molar-refractivity contribution in [2.45, 2.75) is 38.5 Å². The van der Waals surface area contributed by atoms with Crippen molar-refractivity contribution < 1.29 is 9.53 Å². The fraction of sp³-hybridized carbons (Fsp3) is 0.233. The molecule has 1 atom stereocenters. The highest BCUT2D eigenvalue weighted by Crippen LogP contribution is 2.40. The van der Waals surface area contributed by atoms with E-state index in [9.17, 15) is 4.79 Å². The maximum absolute atomic E-state index is 11.2. The van der Waals surface area contributed by atoms with E-state index in [1.165, 1.54) is 54.3 Å². The van der Waals surface area contributed by atoms with Gasteiger partial charge >= 0.3 is 5.97 Å². The Labute approximate surface area is 205 Å². The largest absolute Gasteiger partial charge is 0.465 e. The van der Waals surface area contributed by atoms with Crippen LogP contribution in [0.3, 0.4) is 0 Å². The summed E-state index contributed by atoms with van der Waals surface area (Å²) in [6, 6.07) is 20.5. The summed E-state index contributed by atoms with van der Waals surface area (Å²) in [6.07, 6.45) is 8.35. The molecule has 35 heavy (non-hydrogen) atoms. The van der Waals surface area contributed by atoms with Crippen LogP contribution >= 0.6 is 0 Å². The number of rotatable bonds is 2. The molecule has 0 fully saturated rings. The summed E-state index contributed by atoms with van der Waals surface area (Å²) in [5, 5.41) is 5.40. The number of aryl methyl sites for hydroxylation is 1. The zero-order valence-corrected chi connectivity index (χ0v) is 20.1. The van der Waals surface area contributed by atoms with Gasteiger partial charge < -0.3 is 10.5 Å². The Morgan fingerprint density at radius 3 is 2.51 bits per heavy atom. The van der Waals surface area contributed by atoms with E-state index < -0.39 is 0 Å². The Balaban J connectivity index is 0.000000158. The van der Waals surface area contributed by atoms with Gasteiger partial charge in [0.2, 0.25) is 0 Å². The van der Waals surface area contributed by atoms with E-state index in [0.717, 1.165) is 17.1 Å². The van der Waals surface area contributed by atoms with Gasteiger partial charge in [-0.1, -0.05) is 37.3 Å². The van der Waals surface area contributed by atoms with Crippen LogP contribution in [0.15, 0.2) is 73.1 Å². The minimum absolute atomic E-state index is 0.363. The van der Waals surface area contributed by atoms with Crippen molar-refractivity contribution in [1.29, 1.82) is 0 Å². The molecule has 0 amide bonds. The normalized spacial score (nSPS) is 14.9. The lowest BCUT2D eigenvalue weighted by molar-refractivity contribution is 0.0601. The van der Waals surface area contributed by atoms with Gasteiger partial charge in [-0.05, 0) is 94.6 Å². The molecule has 4 aromatic carbocycles.